The predicted octanol–water partition coefficient (Wildman–Crippen LogP) is 2.93. The number of benzene rings is 1. The van der Waals surface area contributed by atoms with Gasteiger partial charge in [-0.2, -0.15) is 0 Å². The lowest BCUT2D eigenvalue weighted by atomic mass is 9.70. The van der Waals surface area contributed by atoms with Crippen LogP contribution >= 0.6 is 0 Å². The first-order valence-electron chi connectivity index (χ1n) is 6.17. The van der Waals surface area contributed by atoms with Crippen molar-refractivity contribution in [2.75, 3.05) is 6.54 Å². The van der Waals surface area contributed by atoms with Gasteiger partial charge in [-0.15, -0.1) is 0 Å². The van der Waals surface area contributed by atoms with Crippen LogP contribution in [0.5, 0.6) is 5.75 Å². The second kappa shape index (κ2) is 4.88. The first-order chi connectivity index (χ1) is 7.70. The molecule has 16 heavy (non-hydrogen) atoms. The van der Waals surface area contributed by atoms with E-state index in [-0.39, 0.29) is 6.10 Å². The predicted molar refractivity (Wildman–Crippen MR) is 66.7 cm³/mol. The van der Waals surface area contributed by atoms with Crippen molar-refractivity contribution in [2.24, 2.45) is 11.7 Å². The molecule has 0 bridgehead atoms. The molecule has 2 heteroatoms. The molecule has 1 aromatic rings. The van der Waals surface area contributed by atoms with Gasteiger partial charge in [0.2, 0.25) is 0 Å². The molecule has 0 aromatic heterocycles. The first-order valence-corrected chi connectivity index (χ1v) is 6.17. The summed E-state index contributed by atoms with van der Waals surface area (Å²) in [6, 6.07) is 8.48. The molecule has 0 radical (unpaired) electrons. The second-order valence-corrected chi connectivity index (χ2v) is 4.92. The topological polar surface area (TPSA) is 35.2 Å². The van der Waals surface area contributed by atoms with Gasteiger partial charge in [-0.25, -0.2) is 0 Å². The van der Waals surface area contributed by atoms with Crippen molar-refractivity contribution < 1.29 is 4.74 Å². The molecular formula is C14H21NO. The molecule has 1 aromatic carbocycles. The third-order valence-corrected chi connectivity index (χ3v) is 3.38. The maximum absolute atomic E-state index is 5.75. The molecule has 0 saturated heterocycles. The highest BCUT2D eigenvalue weighted by atomic mass is 16.5. The van der Waals surface area contributed by atoms with E-state index in [0.717, 1.165) is 12.3 Å². The van der Waals surface area contributed by atoms with Crippen LogP contribution in [0.2, 0.25) is 0 Å². The molecule has 0 spiro atoms. The van der Waals surface area contributed by atoms with E-state index in [1.807, 2.05) is 6.07 Å². The van der Waals surface area contributed by atoms with Gasteiger partial charge in [0.05, 0.1) is 6.10 Å². The van der Waals surface area contributed by atoms with Crippen LogP contribution in [0, 0.1) is 5.92 Å². The molecular weight excluding hydrogens is 198 g/mol. The van der Waals surface area contributed by atoms with Crippen molar-refractivity contribution in [2.45, 2.75) is 38.7 Å². The Balaban J connectivity index is 2.10. The summed E-state index contributed by atoms with van der Waals surface area (Å²) in [5.74, 6) is 2.31. The molecule has 2 unspecified atom stereocenters. The van der Waals surface area contributed by atoms with Crippen molar-refractivity contribution in [3.8, 4) is 5.75 Å². The molecule has 2 rings (SSSR count). The number of rotatable bonds is 4. The van der Waals surface area contributed by atoms with Gasteiger partial charge in [-0.1, -0.05) is 12.1 Å². The summed E-state index contributed by atoms with van der Waals surface area (Å²) < 4.78 is 5.71. The zero-order chi connectivity index (χ0) is 11.5. The minimum absolute atomic E-state index is 0.238. The van der Waals surface area contributed by atoms with Gasteiger partial charge in [0.25, 0.3) is 0 Å². The standard InChI is InChI=1S/C14H21NO/c1-10(2)16-13-5-3-4-11(8-13)14-7-6-12(14)9-15/h3-5,8,10,12,14H,6-7,9,15H2,1-2H3. The van der Waals surface area contributed by atoms with E-state index >= 15 is 0 Å². The van der Waals surface area contributed by atoms with E-state index in [4.69, 9.17) is 10.5 Å². The Labute approximate surface area is 97.8 Å². The van der Waals surface area contributed by atoms with Gasteiger partial charge in [-0.05, 0) is 62.8 Å². The van der Waals surface area contributed by atoms with Gasteiger partial charge in [0.1, 0.15) is 5.75 Å². The summed E-state index contributed by atoms with van der Waals surface area (Å²) in [6.45, 7) is 4.91. The Bertz CT molecular complexity index is 346. The van der Waals surface area contributed by atoms with E-state index in [9.17, 15) is 0 Å². The maximum atomic E-state index is 5.75. The van der Waals surface area contributed by atoms with E-state index in [1.165, 1.54) is 18.4 Å². The summed E-state index contributed by atoms with van der Waals surface area (Å²) in [4.78, 5) is 0. The summed E-state index contributed by atoms with van der Waals surface area (Å²) in [6.07, 6.45) is 2.78. The molecule has 2 N–H and O–H groups in total. The van der Waals surface area contributed by atoms with Crippen molar-refractivity contribution in [3.63, 3.8) is 0 Å². The summed E-state index contributed by atoms with van der Waals surface area (Å²) in [7, 11) is 0. The van der Waals surface area contributed by atoms with Crippen molar-refractivity contribution in [1.82, 2.24) is 0 Å². The Morgan fingerprint density at radius 2 is 2.19 bits per heavy atom. The molecule has 0 heterocycles. The van der Waals surface area contributed by atoms with Crippen LogP contribution in [0.1, 0.15) is 38.2 Å². The van der Waals surface area contributed by atoms with Gasteiger partial charge in [0.15, 0.2) is 0 Å². The fourth-order valence-electron chi connectivity index (χ4n) is 2.38. The van der Waals surface area contributed by atoms with Crippen LogP contribution < -0.4 is 10.5 Å². The minimum Gasteiger partial charge on any atom is -0.491 e. The molecule has 1 saturated carbocycles. The third-order valence-electron chi connectivity index (χ3n) is 3.38. The van der Waals surface area contributed by atoms with Gasteiger partial charge < -0.3 is 10.5 Å². The molecule has 88 valence electrons. The summed E-state index contributed by atoms with van der Waals surface area (Å²) in [5.41, 5.74) is 7.14. The van der Waals surface area contributed by atoms with E-state index in [0.29, 0.717) is 11.8 Å². The lowest BCUT2D eigenvalue weighted by Gasteiger charge is -2.36. The molecule has 2 nitrogen and oxygen atoms in total. The second-order valence-electron chi connectivity index (χ2n) is 4.92. The van der Waals surface area contributed by atoms with Gasteiger partial charge >= 0.3 is 0 Å². The average molecular weight is 219 g/mol. The van der Waals surface area contributed by atoms with Crippen LogP contribution in [-0.2, 0) is 0 Å². The number of hydrogen-bond donors (Lipinski definition) is 1. The highest BCUT2D eigenvalue weighted by Gasteiger charge is 2.30. The molecule has 0 aliphatic heterocycles. The molecule has 0 amide bonds. The average Bonchev–Trinajstić information content (AvgIpc) is 2.16. The molecule has 2 atom stereocenters. The fraction of sp³-hybridized carbons (Fsp3) is 0.571. The Kier molecular flexibility index (Phi) is 3.49. The highest BCUT2D eigenvalue weighted by Crippen LogP contribution is 2.42. The van der Waals surface area contributed by atoms with Crippen molar-refractivity contribution in [1.29, 1.82) is 0 Å². The number of nitrogens with two attached hydrogens (primary N) is 1. The monoisotopic (exact) mass is 219 g/mol. The van der Waals surface area contributed by atoms with Crippen molar-refractivity contribution in [3.05, 3.63) is 29.8 Å². The molecule has 1 fully saturated rings. The number of hydrogen-bond acceptors (Lipinski definition) is 2. The first kappa shape index (κ1) is 11.5. The normalized spacial score (nSPS) is 24.2. The summed E-state index contributed by atoms with van der Waals surface area (Å²) >= 11 is 0. The zero-order valence-electron chi connectivity index (χ0n) is 10.1. The largest absolute Gasteiger partial charge is 0.491 e. The minimum atomic E-state index is 0.238. The lowest BCUT2D eigenvalue weighted by molar-refractivity contribution is 0.238. The summed E-state index contributed by atoms with van der Waals surface area (Å²) in [5, 5.41) is 0. The van der Waals surface area contributed by atoms with E-state index < -0.39 is 0 Å². The Hall–Kier alpha value is -1.02. The molecule has 1 aliphatic carbocycles. The van der Waals surface area contributed by atoms with E-state index in [1.54, 1.807) is 0 Å². The van der Waals surface area contributed by atoms with Gasteiger partial charge in [-0.3, -0.25) is 0 Å². The Morgan fingerprint density at radius 1 is 1.38 bits per heavy atom. The van der Waals surface area contributed by atoms with Crippen LogP contribution in [-0.4, -0.2) is 12.6 Å². The maximum Gasteiger partial charge on any atom is 0.119 e. The van der Waals surface area contributed by atoms with Crippen molar-refractivity contribution >= 4 is 0 Å². The van der Waals surface area contributed by atoms with Crippen LogP contribution in [0.15, 0.2) is 24.3 Å². The van der Waals surface area contributed by atoms with Gasteiger partial charge in [0, 0.05) is 0 Å². The highest BCUT2D eigenvalue weighted by molar-refractivity contribution is 5.32. The van der Waals surface area contributed by atoms with Crippen LogP contribution in [0.3, 0.4) is 0 Å². The zero-order valence-corrected chi connectivity index (χ0v) is 10.1. The quantitative estimate of drug-likeness (QED) is 0.845. The lowest BCUT2D eigenvalue weighted by Crippen LogP contribution is -2.30. The van der Waals surface area contributed by atoms with Crippen LogP contribution in [0.4, 0.5) is 0 Å². The van der Waals surface area contributed by atoms with Crippen LogP contribution in [0.25, 0.3) is 0 Å². The third kappa shape index (κ3) is 2.38. The SMILES string of the molecule is CC(C)Oc1cccc(C2CCC2CN)c1. The number of ether oxygens (including phenoxy) is 1. The smallest absolute Gasteiger partial charge is 0.119 e. The fourth-order valence-corrected chi connectivity index (χ4v) is 2.38. The Morgan fingerprint density at radius 3 is 2.75 bits per heavy atom. The van der Waals surface area contributed by atoms with E-state index in [2.05, 4.69) is 32.0 Å². The molecule has 1 aliphatic rings.